The molecule has 33 heavy (non-hydrogen) atoms. The smallest absolute Gasteiger partial charge is 0.336 e. The molecule has 0 aliphatic heterocycles. The third kappa shape index (κ3) is 4.94. The first-order chi connectivity index (χ1) is 15.6. The van der Waals surface area contributed by atoms with E-state index in [0.29, 0.717) is 23.4 Å². The van der Waals surface area contributed by atoms with Crippen LogP contribution >= 0.6 is 22.9 Å². The van der Waals surface area contributed by atoms with E-state index >= 15 is 0 Å². The molecule has 0 fully saturated rings. The Labute approximate surface area is 197 Å². The normalized spacial score (nSPS) is 11.6. The maximum atomic E-state index is 13.4. The number of halogens is 4. The van der Waals surface area contributed by atoms with E-state index in [4.69, 9.17) is 11.6 Å². The Morgan fingerprint density at radius 2 is 1.85 bits per heavy atom. The highest BCUT2D eigenvalue weighted by atomic mass is 35.5. The maximum Gasteiger partial charge on any atom is 0.435 e. The highest BCUT2D eigenvalue weighted by molar-refractivity contribution is 7.09. The number of aryl methyl sites for hydroxylation is 1. The minimum absolute atomic E-state index is 0.209. The number of rotatable bonds is 5. The summed E-state index contributed by atoms with van der Waals surface area (Å²) in [6.07, 6.45) is -4.62. The fraction of sp³-hybridized carbons (Fsp3) is 0.174. The molecule has 4 aromatic rings. The number of benzene rings is 2. The van der Waals surface area contributed by atoms with Gasteiger partial charge in [0.15, 0.2) is 5.69 Å². The van der Waals surface area contributed by atoms with E-state index in [1.54, 1.807) is 60.5 Å². The third-order valence-corrected chi connectivity index (χ3v) is 6.06. The lowest BCUT2D eigenvalue weighted by Crippen LogP contribution is -2.26. The van der Waals surface area contributed by atoms with Crippen molar-refractivity contribution in [1.29, 1.82) is 0 Å². The minimum atomic E-state index is -4.62. The van der Waals surface area contributed by atoms with Gasteiger partial charge in [0.2, 0.25) is 0 Å². The van der Waals surface area contributed by atoms with E-state index < -0.39 is 11.9 Å². The van der Waals surface area contributed by atoms with Gasteiger partial charge in [0.05, 0.1) is 33.7 Å². The molecule has 0 saturated carbocycles. The van der Waals surface area contributed by atoms with Crippen LogP contribution in [0.25, 0.3) is 16.9 Å². The Morgan fingerprint density at radius 3 is 2.45 bits per heavy atom. The van der Waals surface area contributed by atoms with Crippen molar-refractivity contribution >= 4 is 28.8 Å². The molecule has 10 heteroatoms. The first-order valence-electron chi connectivity index (χ1n) is 9.82. The van der Waals surface area contributed by atoms with Crippen molar-refractivity contribution in [3.05, 3.63) is 87.0 Å². The Morgan fingerprint density at radius 1 is 1.15 bits per heavy atom. The number of hydrogen-bond donors (Lipinski definition) is 0. The second-order valence-electron chi connectivity index (χ2n) is 7.37. The molecule has 0 atom stereocenters. The first kappa shape index (κ1) is 23.0. The summed E-state index contributed by atoms with van der Waals surface area (Å²) >= 11 is 7.73. The molecule has 0 saturated heterocycles. The Kier molecular flexibility index (Phi) is 6.27. The molecule has 1 amide bonds. The van der Waals surface area contributed by atoms with Gasteiger partial charge >= 0.3 is 6.18 Å². The molecule has 2 aromatic carbocycles. The maximum absolute atomic E-state index is 13.4. The molecular weight excluding hydrogens is 473 g/mol. The summed E-state index contributed by atoms with van der Waals surface area (Å²) in [5.74, 6) is -0.220. The molecule has 2 aromatic heterocycles. The van der Waals surface area contributed by atoms with E-state index in [9.17, 15) is 18.0 Å². The second-order valence-corrected chi connectivity index (χ2v) is 8.84. The topological polar surface area (TPSA) is 51.0 Å². The second kappa shape index (κ2) is 8.99. The van der Waals surface area contributed by atoms with Crippen LogP contribution in [-0.4, -0.2) is 32.6 Å². The fourth-order valence-corrected chi connectivity index (χ4v) is 4.15. The van der Waals surface area contributed by atoms with Gasteiger partial charge in [-0.25, -0.2) is 9.67 Å². The van der Waals surface area contributed by atoms with Crippen molar-refractivity contribution < 1.29 is 18.0 Å². The monoisotopic (exact) mass is 490 g/mol. The zero-order chi connectivity index (χ0) is 23.8. The Bertz CT molecular complexity index is 1300. The van der Waals surface area contributed by atoms with Gasteiger partial charge in [0, 0.05) is 23.6 Å². The quantitative estimate of drug-likeness (QED) is 0.332. The summed E-state index contributed by atoms with van der Waals surface area (Å²) in [6.45, 7) is 2.26. The summed E-state index contributed by atoms with van der Waals surface area (Å²) in [6, 6.07) is 13.8. The number of alkyl halides is 3. The molecule has 4 rings (SSSR count). The molecule has 0 aliphatic carbocycles. The van der Waals surface area contributed by atoms with E-state index in [1.807, 2.05) is 12.3 Å². The lowest BCUT2D eigenvalue weighted by atomic mass is 10.1. The van der Waals surface area contributed by atoms with Crippen LogP contribution in [0.4, 0.5) is 13.2 Å². The Hall–Kier alpha value is -3.17. The lowest BCUT2D eigenvalue weighted by Gasteiger charge is -2.16. The average Bonchev–Trinajstić information content (AvgIpc) is 3.40. The minimum Gasteiger partial charge on any atom is -0.336 e. The summed E-state index contributed by atoms with van der Waals surface area (Å²) in [7, 11) is 1.67. The van der Waals surface area contributed by atoms with Crippen LogP contribution in [0.5, 0.6) is 0 Å². The summed E-state index contributed by atoms with van der Waals surface area (Å²) in [5.41, 5.74) is 1.17. The predicted octanol–water partition coefficient (Wildman–Crippen LogP) is 6.25. The number of carbonyl (C=O) groups is 1. The van der Waals surface area contributed by atoms with E-state index in [2.05, 4.69) is 10.1 Å². The molecule has 0 radical (unpaired) electrons. The standard InChI is InChI=1S/C23H18ClF3N4OS/c1-14-28-17(13-33-14)12-30(2)22(32)16-9-7-15(8-10-16)20-11-21(23(25,26)27)29-31(20)19-6-4-3-5-18(19)24/h3-11,13H,12H2,1-2H3. The van der Waals surface area contributed by atoms with Gasteiger partial charge in [0.1, 0.15) is 0 Å². The third-order valence-electron chi connectivity index (χ3n) is 4.92. The highest BCUT2D eigenvalue weighted by Gasteiger charge is 2.35. The largest absolute Gasteiger partial charge is 0.435 e. The van der Waals surface area contributed by atoms with Gasteiger partial charge in [-0.1, -0.05) is 35.9 Å². The molecular formula is C23H18ClF3N4OS. The zero-order valence-electron chi connectivity index (χ0n) is 17.6. The zero-order valence-corrected chi connectivity index (χ0v) is 19.2. The molecule has 5 nitrogen and oxygen atoms in total. The van der Waals surface area contributed by atoms with Gasteiger partial charge in [-0.15, -0.1) is 11.3 Å². The van der Waals surface area contributed by atoms with Crippen LogP contribution in [0.2, 0.25) is 5.02 Å². The van der Waals surface area contributed by atoms with Gasteiger partial charge in [0.25, 0.3) is 5.91 Å². The molecule has 0 N–H and O–H groups in total. The first-order valence-corrected chi connectivity index (χ1v) is 11.1. The summed E-state index contributed by atoms with van der Waals surface area (Å²) < 4.78 is 41.3. The summed E-state index contributed by atoms with van der Waals surface area (Å²) in [4.78, 5) is 18.7. The van der Waals surface area contributed by atoms with Gasteiger partial charge in [-0.05, 0) is 37.3 Å². The number of nitrogens with zero attached hydrogens (tertiary/aromatic N) is 4. The number of aromatic nitrogens is 3. The van der Waals surface area contributed by atoms with Crippen LogP contribution in [0.3, 0.4) is 0 Å². The molecule has 0 aliphatic rings. The average molecular weight is 491 g/mol. The molecule has 0 bridgehead atoms. The predicted molar refractivity (Wildman–Crippen MR) is 122 cm³/mol. The van der Waals surface area contributed by atoms with Crippen molar-refractivity contribution in [2.45, 2.75) is 19.6 Å². The van der Waals surface area contributed by atoms with Crippen molar-refractivity contribution in [3.63, 3.8) is 0 Å². The van der Waals surface area contributed by atoms with Gasteiger partial charge in [-0.3, -0.25) is 4.79 Å². The van der Waals surface area contributed by atoms with Crippen LogP contribution in [0.15, 0.2) is 60.0 Å². The van der Waals surface area contributed by atoms with Crippen LogP contribution in [0.1, 0.15) is 26.8 Å². The van der Waals surface area contributed by atoms with Gasteiger partial charge in [-0.2, -0.15) is 18.3 Å². The van der Waals surface area contributed by atoms with Crippen LogP contribution in [-0.2, 0) is 12.7 Å². The SMILES string of the molecule is Cc1nc(CN(C)C(=O)c2ccc(-c3cc(C(F)(F)F)nn3-c3ccccc3Cl)cc2)cs1. The number of thiazole rings is 1. The lowest BCUT2D eigenvalue weighted by molar-refractivity contribution is -0.141. The molecule has 0 spiro atoms. The highest BCUT2D eigenvalue weighted by Crippen LogP contribution is 2.34. The van der Waals surface area contributed by atoms with E-state index in [1.165, 1.54) is 16.0 Å². The van der Waals surface area contributed by atoms with E-state index in [0.717, 1.165) is 16.8 Å². The van der Waals surface area contributed by atoms with E-state index in [-0.39, 0.29) is 16.6 Å². The number of hydrogen-bond acceptors (Lipinski definition) is 4. The van der Waals surface area contributed by atoms with Gasteiger partial charge < -0.3 is 4.90 Å². The Balaban J connectivity index is 1.65. The molecule has 170 valence electrons. The summed E-state index contributed by atoms with van der Waals surface area (Å²) in [5, 5.41) is 6.83. The molecule has 2 heterocycles. The van der Waals surface area contributed by atoms with Crippen molar-refractivity contribution in [1.82, 2.24) is 19.7 Å². The van der Waals surface area contributed by atoms with Crippen LogP contribution < -0.4 is 0 Å². The van der Waals surface area contributed by atoms with Crippen molar-refractivity contribution in [3.8, 4) is 16.9 Å². The van der Waals surface area contributed by atoms with Crippen molar-refractivity contribution in [2.24, 2.45) is 0 Å². The number of amides is 1. The fourth-order valence-electron chi connectivity index (χ4n) is 3.33. The van der Waals surface area contributed by atoms with Crippen LogP contribution in [0, 0.1) is 6.92 Å². The number of para-hydroxylation sites is 1. The number of carbonyl (C=O) groups excluding carboxylic acids is 1. The van der Waals surface area contributed by atoms with Crippen molar-refractivity contribution in [2.75, 3.05) is 7.05 Å². The molecule has 0 unspecified atom stereocenters.